The molecule has 3 aromatic carbocycles. The Morgan fingerprint density at radius 1 is 1.06 bits per heavy atom. The minimum Gasteiger partial charge on any atom is -0.495 e. The van der Waals surface area contributed by atoms with Gasteiger partial charge in [-0.3, -0.25) is 10.1 Å². The van der Waals surface area contributed by atoms with Crippen LogP contribution in [-0.2, 0) is 4.79 Å². The van der Waals surface area contributed by atoms with Crippen LogP contribution in [0.25, 0.3) is 22.6 Å². The van der Waals surface area contributed by atoms with Crippen molar-refractivity contribution in [2.45, 2.75) is 0 Å². The van der Waals surface area contributed by atoms with Crippen molar-refractivity contribution in [1.29, 1.82) is 0 Å². The SMILES string of the molecule is COc1ccc(-c2nc3ccccc3o2)cc1NC(=S)NC(=O)COc1ccccc1. The Hall–Kier alpha value is -3.91. The lowest BCUT2D eigenvalue weighted by molar-refractivity contribution is -0.121. The van der Waals surface area contributed by atoms with Gasteiger partial charge in [0.05, 0.1) is 12.8 Å². The van der Waals surface area contributed by atoms with Gasteiger partial charge in [0.2, 0.25) is 5.89 Å². The second kappa shape index (κ2) is 9.27. The summed E-state index contributed by atoms with van der Waals surface area (Å²) < 4.78 is 16.6. The van der Waals surface area contributed by atoms with Gasteiger partial charge in [-0.05, 0) is 54.7 Å². The molecular formula is C23H19N3O4S. The number of methoxy groups -OCH3 is 1. The number of ether oxygens (including phenoxy) is 2. The average molecular weight is 433 g/mol. The summed E-state index contributed by atoms with van der Waals surface area (Å²) in [6.45, 7) is -0.161. The molecule has 1 amide bonds. The Morgan fingerprint density at radius 2 is 1.84 bits per heavy atom. The first-order valence-corrected chi connectivity index (χ1v) is 9.86. The van der Waals surface area contributed by atoms with Gasteiger partial charge >= 0.3 is 0 Å². The predicted molar refractivity (Wildman–Crippen MR) is 122 cm³/mol. The maximum atomic E-state index is 12.1. The van der Waals surface area contributed by atoms with E-state index in [0.29, 0.717) is 28.7 Å². The van der Waals surface area contributed by atoms with Gasteiger partial charge in [0.15, 0.2) is 17.3 Å². The molecule has 0 bridgehead atoms. The quantitative estimate of drug-likeness (QED) is 0.436. The number of carbonyl (C=O) groups excluding carboxylic acids is 1. The van der Waals surface area contributed by atoms with E-state index in [0.717, 1.165) is 11.1 Å². The van der Waals surface area contributed by atoms with Gasteiger partial charge in [-0.2, -0.15) is 0 Å². The molecule has 0 saturated carbocycles. The van der Waals surface area contributed by atoms with Gasteiger partial charge in [0.1, 0.15) is 17.0 Å². The first-order chi connectivity index (χ1) is 15.1. The van der Waals surface area contributed by atoms with Crippen molar-refractivity contribution >= 4 is 40.0 Å². The van der Waals surface area contributed by atoms with Crippen molar-refractivity contribution < 1.29 is 18.7 Å². The molecule has 0 spiro atoms. The number of aromatic nitrogens is 1. The monoisotopic (exact) mass is 433 g/mol. The van der Waals surface area contributed by atoms with Crippen LogP contribution in [0.3, 0.4) is 0 Å². The fourth-order valence-corrected chi connectivity index (χ4v) is 3.14. The van der Waals surface area contributed by atoms with Crippen molar-refractivity contribution in [2.75, 3.05) is 19.0 Å². The van der Waals surface area contributed by atoms with Crippen LogP contribution >= 0.6 is 12.2 Å². The van der Waals surface area contributed by atoms with Gasteiger partial charge < -0.3 is 19.2 Å². The maximum Gasteiger partial charge on any atom is 0.264 e. The molecule has 2 N–H and O–H groups in total. The van der Waals surface area contributed by atoms with E-state index in [1.807, 2.05) is 48.5 Å². The summed E-state index contributed by atoms with van der Waals surface area (Å²) in [6.07, 6.45) is 0. The summed E-state index contributed by atoms with van der Waals surface area (Å²) in [5.41, 5.74) is 2.77. The topological polar surface area (TPSA) is 85.6 Å². The molecule has 7 nitrogen and oxygen atoms in total. The number of amides is 1. The van der Waals surface area contributed by atoms with Crippen molar-refractivity contribution in [3.05, 3.63) is 72.8 Å². The largest absolute Gasteiger partial charge is 0.495 e. The smallest absolute Gasteiger partial charge is 0.264 e. The van der Waals surface area contributed by atoms with Crippen molar-refractivity contribution in [2.24, 2.45) is 0 Å². The molecule has 0 aliphatic carbocycles. The summed E-state index contributed by atoms with van der Waals surface area (Å²) in [4.78, 5) is 16.6. The highest BCUT2D eigenvalue weighted by Gasteiger charge is 2.13. The number of fused-ring (bicyclic) bond motifs is 1. The van der Waals surface area contributed by atoms with E-state index in [2.05, 4.69) is 15.6 Å². The van der Waals surface area contributed by atoms with Gasteiger partial charge in [-0.15, -0.1) is 0 Å². The summed E-state index contributed by atoms with van der Waals surface area (Å²) in [6, 6.07) is 22.0. The van der Waals surface area contributed by atoms with E-state index in [1.54, 1.807) is 31.4 Å². The van der Waals surface area contributed by atoms with Crippen LogP contribution in [0.4, 0.5) is 5.69 Å². The summed E-state index contributed by atoms with van der Waals surface area (Å²) >= 11 is 5.27. The number of hydrogen-bond acceptors (Lipinski definition) is 6. The number of rotatable bonds is 6. The van der Waals surface area contributed by atoms with E-state index in [-0.39, 0.29) is 17.6 Å². The normalized spacial score (nSPS) is 10.5. The van der Waals surface area contributed by atoms with Crippen molar-refractivity contribution in [3.8, 4) is 23.0 Å². The molecule has 156 valence electrons. The Morgan fingerprint density at radius 3 is 2.61 bits per heavy atom. The zero-order valence-corrected chi connectivity index (χ0v) is 17.4. The van der Waals surface area contributed by atoms with Gasteiger partial charge in [0.25, 0.3) is 5.91 Å². The summed E-state index contributed by atoms with van der Waals surface area (Å²) in [5.74, 6) is 1.25. The molecule has 0 atom stereocenters. The van der Waals surface area contributed by atoms with Gasteiger partial charge in [0, 0.05) is 5.56 Å². The lowest BCUT2D eigenvalue weighted by Gasteiger charge is -2.14. The molecule has 0 aliphatic heterocycles. The molecule has 1 aromatic heterocycles. The fraction of sp³-hybridized carbons (Fsp3) is 0.0870. The number of anilines is 1. The van der Waals surface area contributed by atoms with E-state index in [1.165, 1.54) is 0 Å². The lowest BCUT2D eigenvalue weighted by atomic mass is 10.2. The van der Waals surface area contributed by atoms with E-state index < -0.39 is 0 Å². The Bertz CT molecular complexity index is 1190. The fourth-order valence-electron chi connectivity index (χ4n) is 2.92. The molecule has 0 aliphatic rings. The predicted octanol–water partition coefficient (Wildman–Crippen LogP) is 4.40. The first-order valence-electron chi connectivity index (χ1n) is 9.45. The third kappa shape index (κ3) is 4.99. The van der Waals surface area contributed by atoms with Crippen LogP contribution in [-0.4, -0.2) is 29.7 Å². The van der Waals surface area contributed by atoms with Crippen LogP contribution in [0.2, 0.25) is 0 Å². The molecule has 4 rings (SSSR count). The van der Waals surface area contributed by atoms with Crippen LogP contribution in [0.5, 0.6) is 11.5 Å². The second-order valence-corrected chi connectivity index (χ2v) is 6.91. The van der Waals surface area contributed by atoms with Crippen molar-refractivity contribution in [1.82, 2.24) is 10.3 Å². The number of benzene rings is 3. The van der Waals surface area contributed by atoms with Crippen LogP contribution in [0.15, 0.2) is 77.2 Å². The number of carbonyl (C=O) groups is 1. The maximum absolute atomic E-state index is 12.1. The summed E-state index contributed by atoms with van der Waals surface area (Å²) in [5, 5.41) is 5.70. The molecule has 0 saturated heterocycles. The zero-order chi connectivity index (χ0) is 21.6. The van der Waals surface area contributed by atoms with Gasteiger partial charge in [-0.25, -0.2) is 4.98 Å². The molecular weight excluding hydrogens is 414 g/mol. The third-order valence-electron chi connectivity index (χ3n) is 4.35. The third-order valence-corrected chi connectivity index (χ3v) is 4.56. The molecule has 0 fully saturated rings. The molecule has 0 radical (unpaired) electrons. The Kier molecular flexibility index (Phi) is 6.09. The lowest BCUT2D eigenvalue weighted by Crippen LogP contribution is -2.37. The number of hydrogen-bond donors (Lipinski definition) is 2. The number of nitrogens with one attached hydrogen (secondary N) is 2. The van der Waals surface area contributed by atoms with Crippen molar-refractivity contribution in [3.63, 3.8) is 0 Å². The molecule has 1 heterocycles. The molecule has 4 aromatic rings. The number of nitrogens with zero attached hydrogens (tertiary/aromatic N) is 1. The highest BCUT2D eigenvalue weighted by atomic mass is 32.1. The van der Waals surface area contributed by atoms with E-state index >= 15 is 0 Å². The van der Waals surface area contributed by atoms with Gasteiger partial charge in [-0.1, -0.05) is 30.3 Å². The minimum atomic E-state index is -0.379. The zero-order valence-electron chi connectivity index (χ0n) is 16.6. The van der Waals surface area contributed by atoms with Crippen LogP contribution < -0.4 is 20.1 Å². The Labute approximate surface area is 184 Å². The van der Waals surface area contributed by atoms with E-state index in [9.17, 15) is 4.79 Å². The molecule has 0 unspecified atom stereocenters. The standard InChI is InChI=1S/C23H19N3O4S/c1-28-19-12-11-15(22-24-17-9-5-6-10-20(17)30-22)13-18(19)25-23(31)26-21(27)14-29-16-7-3-2-4-8-16/h2-13H,14H2,1H3,(H2,25,26,27,31). The number of para-hydroxylation sites is 3. The van der Waals surface area contributed by atoms with Crippen LogP contribution in [0.1, 0.15) is 0 Å². The molecule has 8 heteroatoms. The first kappa shape index (κ1) is 20.4. The highest BCUT2D eigenvalue weighted by Crippen LogP contribution is 2.31. The second-order valence-electron chi connectivity index (χ2n) is 6.51. The van der Waals surface area contributed by atoms with Crippen LogP contribution in [0, 0.1) is 0 Å². The number of oxazole rings is 1. The number of thiocarbonyl (C=S) groups is 1. The minimum absolute atomic E-state index is 0.120. The molecule has 31 heavy (non-hydrogen) atoms. The van der Waals surface area contributed by atoms with E-state index in [4.69, 9.17) is 26.1 Å². The Balaban J connectivity index is 1.44. The summed E-state index contributed by atoms with van der Waals surface area (Å²) in [7, 11) is 1.55. The highest BCUT2D eigenvalue weighted by molar-refractivity contribution is 7.80. The average Bonchev–Trinajstić information content (AvgIpc) is 3.22.